The lowest BCUT2D eigenvalue weighted by Gasteiger charge is -2.20. The van der Waals surface area contributed by atoms with Crippen molar-refractivity contribution in [2.24, 2.45) is 0 Å². The van der Waals surface area contributed by atoms with Gasteiger partial charge in [0.25, 0.3) is 0 Å². The normalized spacial score (nSPS) is 15.1. The SMILES string of the molecule is CCc1nc2ccc(N3CC[C@H](NCC(=O)N(C)C)C3)nn2c1N(C)c1nc(-c2ccc(F)cc2)c(C#N)s1. The number of thiazole rings is 1. The van der Waals surface area contributed by atoms with Crippen molar-refractivity contribution < 1.29 is 9.18 Å². The first kappa shape index (κ1) is 26.5. The summed E-state index contributed by atoms with van der Waals surface area (Å²) in [6.45, 7) is 3.93. The van der Waals surface area contributed by atoms with Gasteiger partial charge in [-0.15, -0.1) is 5.10 Å². The Hall–Kier alpha value is -4.08. The van der Waals surface area contributed by atoms with Gasteiger partial charge in [-0.1, -0.05) is 18.3 Å². The van der Waals surface area contributed by atoms with Crippen LogP contribution in [0.15, 0.2) is 36.4 Å². The maximum Gasteiger partial charge on any atom is 0.236 e. The topological polar surface area (TPSA) is 106 Å². The molecule has 0 radical (unpaired) electrons. The highest BCUT2D eigenvalue weighted by Gasteiger charge is 2.26. The summed E-state index contributed by atoms with van der Waals surface area (Å²) in [7, 11) is 5.40. The molecule has 1 atom stereocenters. The third kappa shape index (κ3) is 5.28. The van der Waals surface area contributed by atoms with E-state index in [1.807, 2.05) is 35.5 Å². The lowest BCUT2D eigenvalue weighted by atomic mass is 10.1. The number of rotatable bonds is 8. The van der Waals surface area contributed by atoms with Crippen LogP contribution in [0.5, 0.6) is 0 Å². The number of nitrogens with zero attached hydrogens (tertiary/aromatic N) is 8. The molecule has 1 N–H and O–H groups in total. The van der Waals surface area contributed by atoms with Crippen LogP contribution in [-0.2, 0) is 11.2 Å². The molecule has 4 aromatic rings. The fraction of sp³-hybridized carbons (Fsp3) is 0.370. The van der Waals surface area contributed by atoms with E-state index in [-0.39, 0.29) is 17.8 Å². The summed E-state index contributed by atoms with van der Waals surface area (Å²) < 4.78 is 15.3. The van der Waals surface area contributed by atoms with Crippen LogP contribution in [0.2, 0.25) is 0 Å². The van der Waals surface area contributed by atoms with Crippen LogP contribution >= 0.6 is 11.3 Å². The Labute approximate surface area is 230 Å². The second-order valence-electron chi connectivity index (χ2n) is 9.65. The number of aryl methyl sites for hydroxylation is 1. The lowest BCUT2D eigenvalue weighted by Crippen LogP contribution is -2.40. The molecule has 4 heterocycles. The minimum Gasteiger partial charge on any atom is -0.354 e. The largest absolute Gasteiger partial charge is 0.354 e. The van der Waals surface area contributed by atoms with E-state index in [1.54, 1.807) is 31.1 Å². The van der Waals surface area contributed by atoms with Crippen molar-refractivity contribution in [3.63, 3.8) is 0 Å². The molecule has 0 saturated carbocycles. The van der Waals surface area contributed by atoms with Crippen LogP contribution < -0.4 is 15.1 Å². The molecular formula is C27H30FN9OS. The van der Waals surface area contributed by atoms with E-state index in [0.29, 0.717) is 34.2 Å². The van der Waals surface area contributed by atoms with E-state index in [0.717, 1.165) is 42.5 Å². The summed E-state index contributed by atoms with van der Waals surface area (Å²) in [6, 6.07) is 12.3. The lowest BCUT2D eigenvalue weighted by molar-refractivity contribution is -0.127. The third-order valence-electron chi connectivity index (χ3n) is 6.84. The fourth-order valence-electron chi connectivity index (χ4n) is 4.65. The van der Waals surface area contributed by atoms with Crippen molar-refractivity contribution in [1.29, 1.82) is 5.26 Å². The summed E-state index contributed by atoms with van der Waals surface area (Å²) in [5.74, 6) is 1.32. The molecule has 1 fully saturated rings. The molecule has 202 valence electrons. The van der Waals surface area contributed by atoms with E-state index in [1.165, 1.54) is 23.5 Å². The van der Waals surface area contributed by atoms with Gasteiger partial charge in [0.15, 0.2) is 16.6 Å². The molecule has 39 heavy (non-hydrogen) atoms. The molecule has 12 heteroatoms. The average Bonchev–Trinajstić information content (AvgIpc) is 3.68. The Morgan fingerprint density at radius 2 is 1.97 bits per heavy atom. The van der Waals surface area contributed by atoms with Gasteiger partial charge in [0, 0.05) is 45.8 Å². The Bertz CT molecular complexity index is 1540. The number of anilines is 3. The number of likely N-dealkylation sites (N-methyl/N-ethyl adjacent to an activating group) is 1. The van der Waals surface area contributed by atoms with Gasteiger partial charge in [0.05, 0.1) is 12.2 Å². The summed E-state index contributed by atoms with van der Waals surface area (Å²) in [4.78, 5) is 27.7. The average molecular weight is 548 g/mol. The van der Waals surface area contributed by atoms with Gasteiger partial charge in [-0.2, -0.15) is 9.78 Å². The number of fused-ring (bicyclic) bond motifs is 1. The van der Waals surface area contributed by atoms with Gasteiger partial charge in [0.2, 0.25) is 5.91 Å². The van der Waals surface area contributed by atoms with Gasteiger partial charge in [-0.05, 0) is 49.2 Å². The molecule has 0 unspecified atom stereocenters. The zero-order chi connectivity index (χ0) is 27.7. The number of carbonyl (C=O) groups excluding carboxylic acids is 1. The smallest absolute Gasteiger partial charge is 0.236 e. The standard InChI is InChI=1S/C27H30FN9OS/c1-5-20-26(35(4)27-32-25(21(14-29)39-27)17-6-8-18(28)9-7-17)37-22(31-20)10-11-23(33-37)36-13-12-19(16-36)30-15-24(38)34(2)3/h6-11,19,30H,5,12-13,15-16H2,1-4H3/t19-/m0/s1. The number of carbonyl (C=O) groups is 1. The van der Waals surface area contributed by atoms with Gasteiger partial charge < -0.3 is 20.0 Å². The zero-order valence-corrected chi connectivity index (χ0v) is 23.2. The predicted molar refractivity (Wildman–Crippen MR) is 150 cm³/mol. The highest BCUT2D eigenvalue weighted by molar-refractivity contribution is 7.16. The summed E-state index contributed by atoms with van der Waals surface area (Å²) >= 11 is 1.27. The van der Waals surface area contributed by atoms with E-state index in [2.05, 4.69) is 16.3 Å². The Morgan fingerprint density at radius 3 is 2.67 bits per heavy atom. The Morgan fingerprint density at radius 1 is 1.21 bits per heavy atom. The quantitative estimate of drug-likeness (QED) is 0.358. The molecule has 1 aromatic carbocycles. The van der Waals surface area contributed by atoms with Gasteiger partial charge in [-0.25, -0.2) is 14.4 Å². The van der Waals surface area contributed by atoms with Crippen molar-refractivity contribution in [1.82, 2.24) is 29.8 Å². The van der Waals surface area contributed by atoms with Crippen LogP contribution in [0, 0.1) is 17.1 Å². The number of nitriles is 1. The molecule has 3 aromatic heterocycles. The second kappa shape index (κ2) is 11.0. The molecule has 1 aliphatic rings. The van der Waals surface area contributed by atoms with Crippen LogP contribution in [-0.4, -0.2) is 77.2 Å². The number of hydrogen-bond acceptors (Lipinski definition) is 9. The predicted octanol–water partition coefficient (Wildman–Crippen LogP) is 3.45. The minimum atomic E-state index is -0.341. The van der Waals surface area contributed by atoms with E-state index < -0.39 is 0 Å². The van der Waals surface area contributed by atoms with Gasteiger partial charge in [0.1, 0.15) is 28.3 Å². The number of halogens is 1. The maximum atomic E-state index is 13.5. The fourth-order valence-corrected chi connectivity index (χ4v) is 5.49. The monoisotopic (exact) mass is 547 g/mol. The second-order valence-corrected chi connectivity index (χ2v) is 10.6. The van der Waals surface area contributed by atoms with Crippen molar-refractivity contribution in [2.75, 3.05) is 50.6 Å². The zero-order valence-electron chi connectivity index (χ0n) is 22.3. The summed E-state index contributed by atoms with van der Waals surface area (Å²) in [5, 5.41) is 18.7. The minimum absolute atomic E-state index is 0.0514. The number of amides is 1. The third-order valence-corrected chi connectivity index (χ3v) is 7.87. The van der Waals surface area contributed by atoms with Crippen LogP contribution in [0.3, 0.4) is 0 Å². The summed E-state index contributed by atoms with van der Waals surface area (Å²) in [6.07, 6.45) is 1.61. The maximum absolute atomic E-state index is 13.5. The number of aromatic nitrogens is 4. The van der Waals surface area contributed by atoms with E-state index >= 15 is 0 Å². The number of nitrogens with one attached hydrogen (secondary N) is 1. The Kier molecular flexibility index (Phi) is 7.45. The highest BCUT2D eigenvalue weighted by Crippen LogP contribution is 2.37. The first-order chi connectivity index (χ1) is 18.8. The van der Waals surface area contributed by atoms with Crippen molar-refractivity contribution >= 4 is 39.7 Å². The molecule has 1 saturated heterocycles. The Balaban J connectivity index is 1.44. The number of benzene rings is 1. The first-order valence-corrected chi connectivity index (χ1v) is 13.6. The molecule has 0 bridgehead atoms. The molecule has 0 aliphatic carbocycles. The van der Waals surface area contributed by atoms with Crippen LogP contribution in [0.25, 0.3) is 16.9 Å². The molecular weight excluding hydrogens is 517 g/mol. The van der Waals surface area contributed by atoms with Crippen molar-refractivity contribution in [3.8, 4) is 17.3 Å². The molecule has 5 rings (SSSR count). The number of imidazole rings is 1. The molecule has 1 amide bonds. The van der Waals surface area contributed by atoms with Gasteiger partial charge in [-0.3, -0.25) is 4.79 Å². The molecule has 10 nitrogen and oxygen atoms in total. The van der Waals surface area contributed by atoms with E-state index in [9.17, 15) is 14.4 Å². The molecule has 0 spiro atoms. The summed E-state index contributed by atoms with van der Waals surface area (Å²) in [5.41, 5.74) is 2.79. The van der Waals surface area contributed by atoms with Crippen molar-refractivity contribution in [2.45, 2.75) is 25.8 Å². The van der Waals surface area contributed by atoms with Gasteiger partial charge >= 0.3 is 0 Å². The van der Waals surface area contributed by atoms with Crippen molar-refractivity contribution in [3.05, 3.63) is 52.8 Å². The number of hydrogen-bond donors (Lipinski definition) is 1. The van der Waals surface area contributed by atoms with E-state index in [4.69, 9.17) is 15.1 Å². The molecule has 1 aliphatic heterocycles. The highest BCUT2D eigenvalue weighted by atomic mass is 32.1. The van der Waals surface area contributed by atoms with Crippen LogP contribution in [0.1, 0.15) is 23.9 Å². The first-order valence-electron chi connectivity index (χ1n) is 12.8. The van der Waals surface area contributed by atoms with Crippen LogP contribution in [0.4, 0.5) is 21.2 Å².